The second-order valence-electron chi connectivity index (χ2n) is 12.7. The Bertz CT molecular complexity index is 1100. The van der Waals surface area contributed by atoms with Gasteiger partial charge in [-0.25, -0.2) is 18.4 Å². The van der Waals surface area contributed by atoms with Crippen LogP contribution in [0.5, 0.6) is 5.75 Å². The first-order valence-electron chi connectivity index (χ1n) is 17.9. The van der Waals surface area contributed by atoms with Gasteiger partial charge in [-0.2, -0.15) is 0 Å². The molecule has 0 spiro atoms. The monoisotopic (exact) mass is 697 g/mol. The summed E-state index contributed by atoms with van der Waals surface area (Å²) in [6.45, 7) is 4.72. The van der Waals surface area contributed by atoms with Crippen LogP contribution in [0, 0.1) is 5.92 Å². The molecule has 0 heterocycles. The maximum Gasteiger partial charge on any atom is 0.339 e. The zero-order chi connectivity index (χ0) is 36.5. The number of carbonyl (C=O) groups excluding carboxylic acids is 3. The van der Waals surface area contributed by atoms with Crippen molar-refractivity contribution in [3.63, 3.8) is 0 Å². The summed E-state index contributed by atoms with van der Waals surface area (Å²) in [6.07, 6.45) is 12.2. The van der Waals surface area contributed by atoms with Crippen molar-refractivity contribution in [1.82, 2.24) is 5.32 Å². The van der Waals surface area contributed by atoms with Crippen LogP contribution < -0.4 is 10.1 Å². The number of hydrogen-bond acceptors (Lipinski definition) is 8. The molecule has 3 atom stereocenters. The number of rotatable bonds is 28. The molecule has 1 amide bonds. The van der Waals surface area contributed by atoms with E-state index in [9.17, 15) is 28.3 Å². The number of hydrogen-bond donors (Lipinski definition) is 2. The largest absolute Gasteiger partial charge is 0.494 e. The van der Waals surface area contributed by atoms with E-state index < -0.39 is 41.3 Å². The fraction of sp³-hybridized carbons (Fsp3) is 0.711. The predicted octanol–water partition coefficient (Wildman–Crippen LogP) is 7.52. The van der Waals surface area contributed by atoms with E-state index in [1.165, 1.54) is 20.3 Å². The maximum atomic E-state index is 14.2. The fourth-order valence-corrected chi connectivity index (χ4v) is 5.52. The van der Waals surface area contributed by atoms with Crippen molar-refractivity contribution in [2.75, 3.05) is 34.5 Å². The molecule has 9 nitrogen and oxygen atoms in total. The van der Waals surface area contributed by atoms with Gasteiger partial charge in [0.1, 0.15) is 11.8 Å². The number of nitrogens with one attached hydrogen (secondary N) is 1. The number of benzene rings is 1. The van der Waals surface area contributed by atoms with Gasteiger partial charge in [-0.15, -0.1) is 0 Å². The van der Waals surface area contributed by atoms with Crippen LogP contribution >= 0.6 is 0 Å². The van der Waals surface area contributed by atoms with E-state index in [-0.39, 0.29) is 32.3 Å². The summed E-state index contributed by atoms with van der Waals surface area (Å²) in [5.74, 6) is -5.86. The molecule has 0 radical (unpaired) electrons. The molecule has 1 aromatic carbocycles. The lowest BCUT2D eigenvalue weighted by Gasteiger charge is -2.32. The molecular weight excluding hydrogens is 636 g/mol. The van der Waals surface area contributed by atoms with Gasteiger partial charge in [0.15, 0.2) is 5.60 Å². The van der Waals surface area contributed by atoms with Crippen LogP contribution in [0.25, 0.3) is 0 Å². The minimum atomic E-state index is -2.64. The number of esters is 2. The Labute approximate surface area is 292 Å². The average molecular weight is 698 g/mol. The number of halogens is 2. The van der Waals surface area contributed by atoms with Crippen molar-refractivity contribution in [2.45, 2.75) is 134 Å². The van der Waals surface area contributed by atoms with Crippen molar-refractivity contribution in [3.8, 4) is 5.75 Å². The number of alkyl halides is 2. The first kappa shape index (κ1) is 44.0. The number of aliphatic hydroxyl groups is 1. The molecule has 11 heteroatoms. The van der Waals surface area contributed by atoms with Crippen molar-refractivity contribution >= 4 is 17.8 Å². The minimum Gasteiger partial charge on any atom is -0.494 e. The van der Waals surface area contributed by atoms with Crippen LogP contribution in [-0.4, -0.2) is 75.1 Å². The lowest BCUT2D eigenvalue weighted by Crippen LogP contribution is -2.55. The number of allylic oxidation sites excluding steroid dienone is 1. The van der Waals surface area contributed by atoms with Gasteiger partial charge >= 0.3 is 11.9 Å². The molecule has 1 aromatic rings. The van der Waals surface area contributed by atoms with Crippen LogP contribution in [-0.2, 0) is 35.0 Å². The van der Waals surface area contributed by atoms with Crippen LogP contribution in [0.4, 0.5) is 8.78 Å². The van der Waals surface area contributed by atoms with E-state index >= 15 is 0 Å². The van der Waals surface area contributed by atoms with Gasteiger partial charge in [0.25, 0.3) is 0 Å². The van der Waals surface area contributed by atoms with Gasteiger partial charge in [0.2, 0.25) is 11.8 Å². The number of amides is 1. The first-order chi connectivity index (χ1) is 23.5. The average Bonchev–Trinajstić information content (AvgIpc) is 3.09. The Morgan fingerprint density at radius 3 is 2.00 bits per heavy atom. The lowest BCUT2D eigenvalue weighted by atomic mass is 9.83. The molecular formula is C38H61F2NO8. The Morgan fingerprint density at radius 2 is 1.43 bits per heavy atom. The third-order valence-electron chi connectivity index (χ3n) is 8.59. The fourth-order valence-electron chi connectivity index (χ4n) is 5.52. The van der Waals surface area contributed by atoms with Crippen molar-refractivity contribution < 1.29 is 47.2 Å². The molecule has 0 saturated carbocycles. The molecule has 49 heavy (non-hydrogen) atoms. The van der Waals surface area contributed by atoms with Crippen LogP contribution in [0.2, 0.25) is 0 Å². The number of methoxy groups -OCH3 is 3. The van der Waals surface area contributed by atoms with Gasteiger partial charge in [-0.3, -0.25) is 4.79 Å². The third-order valence-corrected chi connectivity index (χ3v) is 8.59. The first-order valence-corrected chi connectivity index (χ1v) is 17.9. The Kier molecular flexibility index (Phi) is 22.4. The lowest BCUT2D eigenvalue weighted by molar-refractivity contribution is -0.172. The summed E-state index contributed by atoms with van der Waals surface area (Å²) in [5, 5.41) is 14.2. The standard InChI is InChI=1S/C38H61F2NO8/c1-6-8-10-14-17-24-37(39,40)25-18-15-12-11-13-16-19-32(38(45,26-28-46-3)36(44)48-5)34(42)41-33(35(43)47-4)29-30-20-22-31(23-21-30)49-27-9-7-2/h16,19-23,32-33,45H,6-15,17-18,24-29H2,1-5H3,(H,41,42)/t32-,33+,38+/m1/s1. The van der Waals surface area contributed by atoms with E-state index in [0.29, 0.717) is 50.9 Å². The van der Waals surface area contributed by atoms with Gasteiger partial charge in [-0.1, -0.05) is 83.1 Å². The third kappa shape index (κ3) is 17.4. The van der Waals surface area contributed by atoms with Crippen molar-refractivity contribution in [2.24, 2.45) is 5.92 Å². The highest BCUT2D eigenvalue weighted by atomic mass is 19.3. The predicted molar refractivity (Wildman–Crippen MR) is 187 cm³/mol. The smallest absolute Gasteiger partial charge is 0.339 e. The molecule has 0 saturated heterocycles. The number of unbranched alkanes of at least 4 members (excludes halogenated alkanes) is 9. The number of carbonyl (C=O) groups is 3. The number of ether oxygens (including phenoxy) is 4. The molecule has 0 fully saturated rings. The second kappa shape index (κ2) is 25.0. The Hall–Kier alpha value is -3.05. The van der Waals surface area contributed by atoms with Gasteiger partial charge in [-0.05, 0) is 49.8 Å². The van der Waals surface area contributed by atoms with Gasteiger partial charge in [0.05, 0.1) is 26.7 Å². The zero-order valence-electron chi connectivity index (χ0n) is 30.4. The Morgan fingerprint density at radius 1 is 0.816 bits per heavy atom. The Balaban J connectivity index is 2.94. The highest BCUT2D eigenvalue weighted by molar-refractivity contribution is 5.93. The minimum absolute atomic E-state index is 0.0420. The van der Waals surface area contributed by atoms with E-state index in [1.807, 2.05) is 0 Å². The van der Waals surface area contributed by atoms with E-state index in [0.717, 1.165) is 51.2 Å². The molecule has 0 bridgehead atoms. The summed E-state index contributed by atoms with van der Waals surface area (Å²) in [7, 11) is 3.73. The highest BCUT2D eigenvalue weighted by Gasteiger charge is 2.48. The highest BCUT2D eigenvalue weighted by Crippen LogP contribution is 2.29. The maximum absolute atomic E-state index is 14.2. The van der Waals surface area contributed by atoms with Crippen molar-refractivity contribution in [3.05, 3.63) is 42.0 Å². The second-order valence-corrected chi connectivity index (χ2v) is 12.7. The van der Waals surface area contributed by atoms with Gasteiger partial charge in [0, 0.05) is 39.4 Å². The summed E-state index contributed by atoms with van der Waals surface area (Å²) < 4.78 is 49.1. The van der Waals surface area contributed by atoms with E-state index in [2.05, 4.69) is 19.2 Å². The molecule has 0 unspecified atom stereocenters. The molecule has 0 aliphatic rings. The molecule has 0 aliphatic carbocycles. The van der Waals surface area contributed by atoms with Crippen LogP contribution in [0.3, 0.4) is 0 Å². The van der Waals surface area contributed by atoms with Crippen LogP contribution in [0.1, 0.15) is 116 Å². The van der Waals surface area contributed by atoms with E-state index in [1.54, 1.807) is 30.3 Å². The molecule has 0 aliphatic heterocycles. The summed E-state index contributed by atoms with van der Waals surface area (Å²) in [4.78, 5) is 39.4. The quantitative estimate of drug-likeness (QED) is 0.0525. The van der Waals surface area contributed by atoms with E-state index in [4.69, 9.17) is 18.9 Å². The molecule has 280 valence electrons. The van der Waals surface area contributed by atoms with Crippen molar-refractivity contribution in [1.29, 1.82) is 0 Å². The topological polar surface area (TPSA) is 120 Å². The zero-order valence-corrected chi connectivity index (χ0v) is 30.4. The summed E-state index contributed by atoms with van der Waals surface area (Å²) >= 11 is 0. The van der Waals surface area contributed by atoms with Gasteiger partial charge < -0.3 is 29.4 Å². The molecule has 0 aromatic heterocycles. The summed E-state index contributed by atoms with van der Waals surface area (Å²) in [6, 6.07) is 6.04. The van der Waals surface area contributed by atoms with Crippen LogP contribution in [0.15, 0.2) is 36.4 Å². The normalized spacial score (nSPS) is 14.2. The molecule has 1 rings (SSSR count). The summed E-state index contributed by atoms with van der Waals surface area (Å²) in [5.41, 5.74) is -1.55. The molecule has 2 N–H and O–H groups in total. The SMILES string of the molecule is CCCCCCCC(F)(F)CCCCCCC=C[C@H](C(=O)N[C@@H](Cc1ccc(OCCCC)cc1)C(=O)OC)[C@@](O)(CCOC)C(=O)OC.